The van der Waals surface area contributed by atoms with Gasteiger partial charge in [-0.05, 0) is 25.7 Å². The van der Waals surface area contributed by atoms with Gasteiger partial charge in [-0.15, -0.1) is 10.2 Å². The van der Waals surface area contributed by atoms with Crippen LogP contribution in [-0.4, -0.2) is 70.8 Å². The van der Waals surface area contributed by atoms with Crippen LogP contribution in [-0.2, 0) is 9.47 Å². The fourth-order valence-electron chi connectivity index (χ4n) is 5.02. The summed E-state index contributed by atoms with van der Waals surface area (Å²) in [5, 5.41) is 8.73. The molecule has 0 amide bonds. The molecule has 2 aromatic rings. The van der Waals surface area contributed by atoms with E-state index in [2.05, 4.69) is 25.0 Å². The van der Waals surface area contributed by atoms with Crippen LogP contribution in [0.25, 0.3) is 11.2 Å². The first-order valence-electron chi connectivity index (χ1n) is 9.71. The molecule has 4 bridgehead atoms. The summed E-state index contributed by atoms with van der Waals surface area (Å²) in [6.45, 7) is 3.16. The van der Waals surface area contributed by atoms with Crippen molar-refractivity contribution in [1.82, 2.24) is 20.2 Å². The van der Waals surface area contributed by atoms with E-state index in [1.165, 1.54) is 0 Å². The number of anilines is 2. The first-order valence-corrected chi connectivity index (χ1v) is 10.1. The molecule has 2 aromatic heterocycles. The first kappa shape index (κ1) is 16.2. The lowest BCUT2D eigenvalue weighted by Crippen LogP contribution is -2.46. The summed E-state index contributed by atoms with van der Waals surface area (Å²) in [7, 11) is 0. The van der Waals surface area contributed by atoms with Crippen molar-refractivity contribution in [3.05, 3.63) is 11.3 Å². The Bertz CT molecular complexity index is 870. The SMILES string of the molecule is Clc1nnc2ncc(N3CC4CCC(C3)O4)nc2c1N1C2CCC1COC2. The number of halogens is 1. The van der Waals surface area contributed by atoms with Gasteiger partial charge in [0.2, 0.25) is 5.65 Å². The molecule has 9 heteroatoms. The van der Waals surface area contributed by atoms with E-state index < -0.39 is 0 Å². The highest BCUT2D eigenvalue weighted by atomic mass is 35.5. The van der Waals surface area contributed by atoms with Gasteiger partial charge in [-0.1, -0.05) is 11.6 Å². The Morgan fingerprint density at radius 1 is 1.00 bits per heavy atom. The molecule has 4 aliphatic rings. The van der Waals surface area contributed by atoms with Crippen molar-refractivity contribution in [2.24, 2.45) is 0 Å². The molecular weight excluding hydrogens is 368 g/mol. The number of hydrogen-bond acceptors (Lipinski definition) is 8. The topological polar surface area (TPSA) is 76.5 Å². The predicted molar refractivity (Wildman–Crippen MR) is 100 cm³/mol. The second-order valence-corrected chi connectivity index (χ2v) is 8.29. The Kier molecular flexibility index (Phi) is 3.67. The Labute approximate surface area is 161 Å². The molecule has 0 saturated carbocycles. The highest BCUT2D eigenvalue weighted by Gasteiger charge is 2.40. The third-order valence-corrected chi connectivity index (χ3v) is 6.51. The maximum atomic E-state index is 6.53. The van der Waals surface area contributed by atoms with Crippen molar-refractivity contribution in [2.75, 3.05) is 36.1 Å². The van der Waals surface area contributed by atoms with Gasteiger partial charge in [-0.2, -0.15) is 0 Å². The van der Waals surface area contributed by atoms with Gasteiger partial charge in [-0.3, -0.25) is 0 Å². The van der Waals surface area contributed by atoms with E-state index in [0.29, 0.717) is 35.1 Å². The summed E-state index contributed by atoms with van der Waals surface area (Å²) >= 11 is 6.53. The number of morpholine rings is 2. The van der Waals surface area contributed by atoms with E-state index in [1.807, 2.05) is 0 Å². The maximum Gasteiger partial charge on any atom is 0.202 e. The summed E-state index contributed by atoms with van der Waals surface area (Å²) in [4.78, 5) is 14.2. The molecule has 6 rings (SSSR count). The predicted octanol–water partition coefficient (Wildman–Crippen LogP) is 1.81. The average Bonchev–Trinajstić information content (AvgIpc) is 3.14. The van der Waals surface area contributed by atoms with E-state index in [4.69, 9.17) is 26.1 Å². The summed E-state index contributed by atoms with van der Waals surface area (Å²) in [5.41, 5.74) is 2.15. The fourth-order valence-corrected chi connectivity index (χ4v) is 5.24. The number of fused-ring (bicyclic) bond motifs is 5. The molecule has 0 spiro atoms. The zero-order chi connectivity index (χ0) is 18.0. The molecule has 142 valence electrons. The zero-order valence-corrected chi connectivity index (χ0v) is 15.7. The number of nitrogens with zero attached hydrogens (tertiary/aromatic N) is 6. The van der Waals surface area contributed by atoms with Gasteiger partial charge < -0.3 is 19.3 Å². The van der Waals surface area contributed by atoms with Gasteiger partial charge in [-0.25, -0.2) is 9.97 Å². The summed E-state index contributed by atoms with van der Waals surface area (Å²) in [6.07, 6.45) is 6.86. The molecule has 8 nitrogen and oxygen atoms in total. The van der Waals surface area contributed by atoms with Crippen molar-refractivity contribution in [1.29, 1.82) is 0 Å². The van der Waals surface area contributed by atoms with Gasteiger partial charge in [0.25, 0.3) is 0 Å². The molecular formula is C18H21ClN6O2. The van der Waals surface area contributed by atoms with E-state index in [0.717, 1.165) is 69.0 Å². The van der Waals surface area contributed by atoms with Crippen molar-refractivity contribution >= 4 is 34.3 Å². The van der Waals surface area contributed by atoms with Crippen molar-refractivity contribution < 1.29 is 9.47 Å². The highest BCUT2D eigenvalue weighted by Crippen LogP contribution is 2.40. The van der Waals surface area contributed by atoms with Crippen LogP contribution in [0.3, 0.4) is 0 Å². The van der Waals surface area contributed by atoms with Crippen LogP contribution in [0.1, 0.15) is 25.7 Å². The van der Waals surface area contributed by atoms with Crippen LogP contribution in [0.15, 0.2) is 6.20 Å². The molecule has 4 atom stereocenters. The standard InChI is InChI=1S/C18H21ClN6O2/c19-17-16(25-10-1-2-11(25)9-26-8-10)15-18(23-22-17)20-5-14(21-15)24-6-12-3-4-13(7-24)27-12/h5,10-13H,1-4,6-9H2. The van der Waals surface area contributed by atoms with E-state index >= 15 is 0 Å². The molecule has 0 N–H and O–H groups in total. The quantitative estimate of drug-likeness (QED) is 0.771. The van der Waals surface area contributed by atoms with Gasteiger partial charge in [0.05, 0.1) is 43.7 Å². The molecule has 4 fully saturated rings. The summed E-state index contributed by atoms with van der Waals surface area (Å²) < 4.78 is 11.7. The fraction of sp³-hybridized carbons (Fsp3) is 0.667. The zero-order valence-electron chi connectivity index (χ0n) is 14.9. The maximum absolute atomic E-state index is 6.53. The Morgan fingerprint density at radius 3 is 2.48 bits per heavy atom. The molecule has 4 saturated heterocycles. The Balaban J connectivity index is 1.45. The first-order chi connectivity index (χ1) is 13.3. The average molecular weight is 389 g/mol. The summed E-state index contributed by atoms with van der Waals surface area (Å²) in [6, 6.07) is 0.636. The third kappa shape index (κ3) is 2.57. The monoisotopic (exact) mass is 388 g/mol. The van der Waals surface area contributed by atoms with Crippen molar-refractivity contribution in [3.8, 4) is 0 Å². The lowest BCUT2D eigenvalue weighted by atomic mass is 10.2. The molecule has 0 radical (unpaired) electrons. The Hall–Kier alpha value is -1.77. The molecule has 4 unspecified atom stereocenters. The number of rotatable bonds is 2. The minimum atomic E-state index is 0.301. The molecule has 27 heavy (non-hydrogen) atoms. The molecule has 6 heterocycles. The van der Waals surface area contributed by atoms with Crippen LogP contribution < -0.4 is 9.80 Å². The van der Waals surface area contributed by atoms with E-state index in [1.54, 1.807) is 6.20 Å². The van der Waals surface area contributed by atoms with Gasteiger partial charge in [0.1, 0.15) is 17.0 Å². The number of hydrogen-bond donors (Lipinski definition) is 0. The number of ether oxygens (including phenoxy) is 2. The third-order valence-electron chi connectivity index (χ3n) is 6.26. The van der Waals surface area contributed by atoms with Gasteiger partial charge in [0.15, 0.2) is 5.15 Å². The molecule has 4 aliphatic heterocycles. The lowest BCUT2D eigenvalue weighted by molar-refractivity contribution is 0.0302. The molecule has 0 aliphatic carbocycles. The van der Waals surface area contributed by atoms with Crippen LogP contribution >= 0.6 is 11.6 Å². The van der Waals surface area contributed by atoms with Gasteiger partial charge >= 0.3 is 0 Å². The van der Waals surface area contributed by atoms with Crippen molar-refractivity contribution in [3.63, 3.8) is 0 Å². The largest absolute Gasteiger partial charge is 0.377 e. The number of aromatic nitrogens is 4. The van der Waals surface area contributed by atoms with E-state index in [9.17, 15) is 0 Å². The van der Waals surface area contributed by atoms with E-state index in [-0.39, 0.29) is 0 Å². The van der Waals surface area contributed by atoms with Crippen LogP contribution in [0.4, 0.5) is 11.5 Å². The molecule has 0 aromatic carbocycles. The van der Waals surface area contributed by atoms with Crippen molar-refractivity contribution in [2.45, 2.75) is 50.0 Å². The van der Waals surface area contributed by atoms with Crippen LogP contribution in [0.5, 0.6) is 0 Å². The normalized spacial score (nSPS) is 32.5. The minimum Gasteiger partial charge on any atom is -0.377 e. The smallest absolute Gasteiger partial charge is 0.202 e. The Morgan fingerprint density at radius 2 is 1.74 bits per heavy atom. The second-order valence-electron chi connectivity index (χ2n) is 7.93. The van der Waals surface area contributed by atoms with Crippen LogP contribution in [0, 0.1) is 0 Å². The summed E-state index contributed by atoms with van der Waals surface area (Å²) in [5.74, 6) is 0.869. The lowest BCUT2D eigenvalue weighted by Gasteiger charge is -2.37. The van der Waals surface area contributed by atoms with Gasteiger partial charge in [0, 0.05) is 13.1 Å². The van der Waals surface area contributed by atoms with Crippen LogP contribution in [0.2, 0.25) is 5.15 Å². The highest BCUT2D eigenvalue weighted by molar-refractivity contribution is 6.33. The second kappa shape index (κ2) is 6.12. The minimum absolute atomic E-state index is 0.301.